The Hall–Kier alpha value is -2.97. The maximum atomic E-state index is 12.1. The molecule has 2 aromatic rings. The summed E-state index contributed by atoms with van der Waals surface area (Å²) in [4.78, 5) is 12.1. The molecule has 0 radical (unpaired) electrons. The zero-order valence-electron chi connectivity index (χ0n) is 11.1. The van der Waals surface area contributed by atoms with Gasteiger partial charge in [0.2, 0.25) is 0 Å². The summed E-state index contributed by atoms with van der Waals surface area (Å²) in [6, 6.07) is 11.1. The van der Waals surface area contributed by atoms with Crippen molar-refractivity contribution in [2.75, 3.05) is 11.9 Å². The summed E-state index contributed by atoms with van der Waals surface area (Å²) in [6.07, 6.45) is 0. The minimum absolute atomic E-state index is 0.00607. The van der Waals surface area contributed by atoms with Crippen LogP contribution in [0.1, 0.15) is 15.9 Å². The maximum Gasteiger partial charge on any atom is 0.259 e. The molecule has 21 heavy (non-hydrogen) atoms. The smallest absolute Gasteiger partial charge is 0.259 e. The Balaban J connectivity index is 2.22. The van der Waals surface area contributed by atoms with Crippen molar-refractivity contribution >= 4 is 11.6 Å². The molecule has 0 atom stereocenters. The molecule has 0 fully saturated rings. The van der Waals surface area contributed by atoms with Gasteiger partial charge in [-0.3, -0.25) is 4.79 Å². The largest absolute Gasteiger partial charge is 0.504 e. The summed E-state index contributed by atoms with van der Waals surface area (Å²) >= 11 is 0. The first-order valence-corrected chi connectivity index (χ1v) is 6.23. The van der Waals surface area contributed by atoms with Gasteiger partial charge in [-0.1, -0.05) is 24.0 Å². The Morgan fingerprint density at radius 2 is 1.95 bits per heavy atom. The fourth-order valence-electron chi connectivity index (χ4n) is 1.74. The van der Waals surface area contributed by atoms with Gasteiger partial charge in [-0.15, -0.1) is 0 Å². The fraction of sp³-hybridized carbons (Fsp3) is 0.0625. The molecule has 0 aliphatic carbocycles. The molecular weight excluding hydrogens is 268 g/mol. The van der Waals surface area contributed by atoms with Crippen molar-refractivity contribution in [3.63, 3.8) is 0 Å². The van der Waals surface area contributed by atoms with Crippen LogP contribution in [0.15, 0.2) is 42.5 Å². The van der Waals surface area contributed by atoms with Crippen molar-refractivity contribution in [3.8, 4) is 23.3 Å². The van der Waals surface area contributed by atoms with Crippen molar-refractivity contribution in [2.45, 2.75) is 0 Å². The molecule has 0 spiro atoms. The first-order chi connectivity index (χ1) is 10.1. The van der Waals surface area contributed by atoms with Crippen molar-refractivity contribution in [1.82, 2.24) is 0 Å². The quantitative estimate of drug-likeness (QED) is 0.497. The van der Waals surface area contributed by atoms with Crippen LogP contribution < -0.4 is 11.1 Å². The van der Waals surface area contributed by atoms with E-state index in [1.54, 1.807) is 24.3 Å². The van der Waals surface area contributed by atoms with Crippen LogP contribution in [-0.4, -0.2) is 22.7 Å². The van der Waals surface area contributed by atoms with E-state index in [1.165, 1.54) is 18.2 Å². The number of phenols is 2. The number of para-hydroxylation sites is 1. The Bertz CT molecular complexity index is 730. The lowest BCUT2D eigenvalue weighted by molar-refractivity contribution is 0.102. The number of carbonyl (C=O) groups excluding carboxylic acids is 1. The van der Waals surface area contributed by atoms with Gasteiger partial charge in [0.05, 0.1) is 12.1 Å². The summed E-state index contributed by atoms with van der Waals surface area (Å²) in [6.45, 7) is 0.258. The van der Waals surface area contributed by atoms with E-state index in [2.05, 4.69) is 17.2 Å². The number of aromatic hydroxyl groups is 2. The van der Waals surface area contributed by atoms with E-state index in [-0.39, 0.29) is 17.9 Å². The molecule has 0 saturated heterocycles. The van der Waals surface area contributed by atoms with Crippen LogP contribution in [0.4, 0.5) is 5.69 Å². The lowest BCUT2D eigenvalue weighted by Gasteiger charge is -2.08. The molecule has 0 unspecified atom stereocenters. The molecule has 0 heterocycles. The first kappa shape index (κ1) is 14.4. The number of anilines is 1. The van der Waals surface area contributed by atoms with Crippen molar-refractivity contribution in [3.05, 3.63) is 53.6 Å². The van der Waals surface area contributed by atoms with Gasteiger partial charge in [0, 0.05) is 11.3 Å². The predicted molar refractivity (Wildman–Crippen MR) is 80.1 cm³/mol. The van der Waals surface area contributed by atoms with Crippen molar-refractivity contribution in [2.24, 2.45) is 5.73 Å². The Morgan fingerprint density at radius 1 is 1.19 bits per heavy atom. The van der Waals surface area contributed by atoms with E-state index in [9.17, 15) is 15.0 Å². The summed E-state index contributed by atoms with van der Waals surface area (Å²) in [5.74, 6) is 4.27. The average Bonchev–Trinajstić information content (AvgIpc) is 2.48. The highest BCUT2D eigenvalue weighted by atomic mass is 16.3. The van der Waals surface area contributed by atoms with Crippen LogP contribution in [0.25, 0.3) is 0 Å². The third-order valence-corrected chi connectivity index (χ3v) is 2.71. The molecule has 2 rings (SSSR count). The standard InChI is InChI=1S/C16H14N2O3/c17-9-3-5-11-4-1-6-12(10-11)18-16(21)13-7-2-8-14(19)15(13)20/h1-2,4,6-8,10,19-20H,9,17H2,(H,18,21). The molecule has 0 aliphatic rings. The van der Waals surface area contributed by atoms with Crippen LogP contribution in [0.5, 0.6) is 11.5 Å². The summed E-state index contributed by atoms with van der Waals surface area (Å²) < 4.78 is 0. The van der Waals surface area contributed by atoms with Crippen molar-refractivity contribution in [1.29, 1.82) is 0 Å². The number of benzene rings is 2. The topological polar surface area (TPSA) is 95.6 Å². The predicted octanol–water partition coefficient (Wildman–Crippen LogP) is 1.66. The number of nitrogens with two attached hydrogens (primary N) is 1. The first-order valence-electron chi connectivity index (χ1n) is 6.23. The van der Waals surface area contributed by atoms with Crippen molar-refractivity contribution < 1.29 is 15.0 Å². The fourth-order valence-corrected chi connectivity index (χ4v) is 1.74. The van der Waals surface area contributed by atoms with E-state index in [4.69, 9.17) is 5.73 Å². The Labute approximate surface area is 122 Å². The minimum Gasteiger partial charge on any atom is -0.504 e. The summed E-state index contributed by atoms with van der Waals surface area (Å²) in [7, 11) is 0. The van der Waals surface area contributed by atoms with E-state index >= 15 is 0 Å². The van der Waals surface area contributed by atoms with Crippen LogP contribution in [0.2, 0.25) is 0 Å². The highest BCUT2D eigenvalue weighted by molar-refractivity contribution is 6.06. The van der Waals surface area contributed by atoms with E-state index in [0.717, 1.165) is 5.56 Å². The van der Waals surface area contributed by atoms with Crippen LogP contribution >= 0.6 is 0 Å². The Kier molecular flexibility index (Phi) is 4.44. The zero-order chi connectivity index (χ0) is 15.2. The lowest BCUT2D eigenvalue weighted by Crippen LogP contribution is -2.12. The van der Waals surface area contributed by atoms with Gasteiger partial charge in [0.15, 0.2) is 11.5 Å². The second-order valence-electron chi connectivity index (χ2n) is 4.21. The molecule has 5 N–H and O–H groups in total. The van der Waals surface area contributed by atoms with E-state index in [0.29, 0.717) is 5.69 Å². The van der Waals surface area contributed by atoms with E-state index < -0.39 is 11.7 Å². The molecule has 5 heteroatoms. The molecule has 5 nitrogen and oxygen atoms in total. The molecule has 0 bridgehead atoms. The zero-order valence-corrected chi connectivity index (χ0v) is 11.1. The van der Waals surface area contributed by atoms with Gasteiger partial charge in [-0.2, -0.15) is 0 Å². The van der Waals surface area contributed by atoms with E-state index in [1.807, 2.05) is 0 Å². The van der Waals surface area contributed by atoms with Gasteiger partial charge >= 0.3 is 0 Å². The highest BCUT2D eigenvalue weighted by Gasteiger charge is 2.13. The number of nitrogens with one attached hydrogen (secondary N) is 1. The number of amides is 1. The second-order valence-corrected chi connectivity index (χ2v) is 4.21. The molecule has 106 valence electrons. The number of carbonyl (C=O) groups is 1. The molecular formula is C16H14N2O3. The van der Waals surface area contributed by atoms with Gasteiger partial charge in [0.1, 0.15) is 0 Å². The SMILES string of the molecule is NCC#Cc1cccc(NC(=O)c2cccc(O)c2O)c1. The van der Waals surface area contributed by atoms with Crippen LogP contribution in [0, 0.1) is 11.8 Å². The molecule has 0 aliphatic heterocycles. The number of hydrogen-bond acceptors (Lipinski definition) is 4. The lowest BCUT2D eigenvalue weighted by atomic mass is 10.1. The van der Waals surface area contributed by atoms with Gasteiger partial charge in [0.25, 0.3) is 5.91 Å². The summed E-state index contributed by atoms with van der Waals surface area (Å²) in [5, 5.41) is 21.7. The summed E-state index contributed by atoms with van der Waals surface area (Å²) in [5.41, 5.74) is 6.56. The second kappa shape index (κ2) is 6.46. The number of rotatable bonds is 2. The molecule has 1 amide bonds. The van der Waals surface area contributed by atoms with Gasteiger partial charge in [-0.25, -0.2) is 0 Å². The van der Waals surface area contributed by atoms with Gasteiger partial charge in [-0.05, 0) is 30.3 Å². The van der Waals surface area contributed by atoms with Crippen LogP contribution in [0.3, 0.4) is 0 Å². The number of phenolic OH excluding ortho intramolecular Hbond substituents is 2. The minimum atomic E-state index is -0.521. The molecule has 0 saturated carbocycles. The van der Waals surface area contributed by atoms with Gasteiger partial charge < -0.3 is 21.3 Å². The molecule has 0 aromatic heterocycles. The third-order valence-electron chi connectivity index (χ3n) is 2.71. The van der Waals surface area contributed by atoms with Crippen LogP contribution in [-0.2, 0) is 0 Å². The highest BCUT2D eigenvalue weighted by Crippen LogP contribution is 2.28. The average molecular weight is 282 g/mol. The normalized spacial score (nSPS) is 9.57. The monoisotopic (exact) mass is 282 g/mol. The number of hydrogen-bond donors (Lipinski definition) is 4. The molecule has 2 aromatic carbocycles. The Morgan fingerprint density at radius 3 is 2.71 bits per heavy atom. The third kappa shape index (κ3) is 3.53. The maximum absolute atomic E-state index is 12.1.